The number of nitrogens with zero attached hydrogens (tertiary/aromatic N) is 3. The monoisotopic (exact) mass is 289 g/mol. The molecule has 100 valence electrons. The summed E-state index contributed by atoms with van der Waals surface area (Å²) in [4.78, 5) is 21.2. The molecule has 8 heteroatoms. The lowest BCUT2D eigenvalue weighted by molar-refractivity contribution is 0.248. The molecule has 1 rings (SSSR count). The van der Waals surface area contributed by atoms with E-state index in [1.54, 1.807) is 13.2 Å². The summed E-state index contributed by atoms with van der Waals surface area (Å²) in [7, 11) is 3.45. The molecule has 0 atom stereocenters. The minimum absolute atomic E-state index is 0.212. The quantitative estimate of drug-likeness (QED) is 0.634. The predicted molar refractivity (Wildman–Crippen MR) is 75.1 cm³/mol. The van der Waals surface area contributed by atoms with E-state index >= 15 is 0 Å². The minimum Gasteiger partial charge on any atom is -0.356 e. The largest absolute Gasteiger partial charge is 0.356 e. The molecule has 1 aromatic rings. The van der Waals surface area contributed by atoms with Gasteiger partial charge in [0.1, 0.15) is 0 Å². The Morgan fingerprint density at radius 3 is 2.94 bits per heavy atom. The normalized spacial score (nSPS) is 10.0. The molecule has 6 nitrogen and oxygen atoms in total. The third kappa shape index (κ3) is 4.58. The molecule has 0 fully saturated rings. The Morgan fingerprint density at radius 2 is 2.33 bits per heavy atom. The Bertz CT molecular complexity index is 417. The molecule has 0 aliphatic heterocycles. The van der Waals surface area contributed by atoms with Crippen molar-refractivity contribution >= 4 is 35.4 Å². The maximum atomic E-state index is 10.9. The molecule has 0 saturated heterocycles. The number of carbonyl (C=O) groups excluding carboxylic acids is 1. The Kier molecular flexibility index (Phi) is 6.00. The summed E-state index contributed by atoms with van der Waals surface area (Å²) in [5.74, 6) is 1.36. The number of carbonyl (C=O) groups is 1. The van der Waals surface area contributed by atoms with Crippen LogP contribution in [0.1, 0.15) is 5.69 Å². The molecule has 0 aromatic carbocycles. The molecule has 18 heavy (non-hydrogen) atoms. The first-order valence-electron chi connectivity index (χ1n) is 5.34. The molecule has 0 saturated carbocycles. The fourth-order valence-electron chi connectivity index (χ4n) is 1.15. The van der Waals surface area contributed by atoms with Gasteiger partial charge >= 0.3 is 6.03 Å². The van der Waals surface area contributed by atoms with Gasteiger partial charge in [-0.1, -0.05) is 11.6 Å². The van der Waals surface area contributed by atoms with Crippen LogP contribution in [0.4, 0.5) is 10.6 Å². The highest BCUT2D eigenvalue weighted by molar-refractivity contribution is 7.97. The topological polar surface area (TPSA) is 70.2 Å². The Labute approximate surface area is 116 Å². The van der Waals surface area contributed by atoms with Gasteiger partial charge in [0.2, 0.25) is 0 Å². The van der Waals surface area contributed by atoms with Crippen LogP contribution < -0.4 is 14.9 Å². The number of nitrogens with one attached hydrogen (secondary N) is 2. The van der Waals surface area contributed by atoms with Gasteiger partial charge in [-0.3, -0.25) is 4.72 Å². The Morgan fingerprint density at radius 1 is 1.61 bits per heavy atom. The second kappa shape index (κ2) is 7.27. The molecule has 1 aromatic heterocycles. The van der Waals surface area contributed by atoms with E-state index in [9.17, 15) is 4.79 Å². The fraction of sp³-hybridized carbons (Fsp3) is 0.500. The van der Waals surface area contributed by atoms with Gasteiger partial charge in [0.15, 0.2) is 11.0 Å². The first-order chi connectivity index (χ1) is 8.54. The van der Waals surface area contributed by atoms with Crippen molar-refractivity contribution in [3.63, 3.8) is 0 Å². The van der Waals surface area contributed by atoms with Crippen molar-refractivity contribution in [2.24, 2.45) is 0 Å². The average molecular weight is 290 g/mol. The van der Waals surface area contributed by atoms with Crippen molar-refractivity contribution in [2.75, 3.05) is 31.3 Å². The van der Waals surface area contributed by atoms with Crippen molar-refractivity contribution in [3.8, 4) is 0 Å². The number of urea groups is 1. The lowest BCUT2D eigenvalue weighted by atomic mass is 10.5. The van der Waals surface area contributed by atoms with Crippen molar-refractivity contribution in [1.82, 2.24) is 20.0 Å². The summed E-state index contributed by atoms with van der Waals surface area (Å²) in [5, 5.41) is 2.86. The summed E-state index contributed by atoms with van der Waals surface area (Å²) in [5.41, 5.74) is 0.785. The van der Waals surface area contributed by atoms with Crippen LogP contribution in [0.2, 0.25) is 5.15 Å². The van der Waals surface area contributed by atoms with Crippen LogP contribution in [0.5, 0.6) is 0 Å². The van der Waals surface area contributed by atoms with Gasteiger partial charge in [-0.05, 0) is 18.9 Å². The standard InChI is InChI=1S/C10H16ClN5OS/c1-7-6-13-9(8(11)14-7)16(3)4-5-18-15-10(17)12-2/h6H,4-5H2,1-3H3,(H2,12,15,17). The number of halogens is 1. The zero-order chi connectivity index (χ0) is 13.5. The number of aryl methyl sites for hydroxylation is 1. The van der Waals surface area contributed by atoms with Crippen molar-refractivity contribution in [2.45, 2.75) is 6.92 Å². The molecular formula is C10H16ClN5OS. The van der Waals surface area contributed by atoms with Crippen LogP contribution in [0.15, 0.2) is 6.20 Å². The fourth-order valence-corrected chi connectivity index (χ4v) is 2.18. The lowest BCUT2D eigenvalue weighted by Gasteiger charge is -2.18. The lowest BCUT2D eigenvalue weighted by Crippen LogP contribution is -2.29. The van der Waals surface area contributed by atoms with E-state index in [-0.39, 0.29) is 6.03 Å². The van der Waals surface area contributed by atoms with Crippen LogP contribution in [0, 0.1) is 6.92 Å². The van der Waals surface area contributed by atoms with E-state index in [1.807, 2.05) is 18.9 Å². The highest BCUT2D eigenvalue weighted by atomic mass is 35.5. The van der Waals surface area contributed by atoms with Gasteiger partial charge in [0, 0.05) is 26.4 Å². The summed E-state index contributed by atoms with van der Waals surface area (Å²) < 4.78 is 2.63. The van der Waals surface area contributed by atoms with Crippen LogP contribution >= 0.6 is 23.5 Å². The van der Waals surface area contributed by atoms with E-state index in [0.29, 0.717) is 17.5 Å². The Hall–Kier alpha value is -1.21. The average Bonchev–Trinajstić information content (AvgIpc) is 2.34. The third-order valence-electron chi connectivity index (χ3n) is 2.11. The van der Waals surface area contributed by atoms with Crippen LogP contribution in [-0.4, -0.2) is 42.4 Å². The number of hydrogen-bond acceptors (Lipinski definition) is 5. The summed E-state index contributed by atoms with van der Waals surface area (Å²) in [6.45, 7) is 2.54. The van der Waals surface area contributed by atoms with Gasteiger partial charge in [0.25, 0.3) is 0 Å². The number of amides is 2. The number of hydrogen-bond donors (Lipinski definition) is 2. The van der Waals surface area contributed by atoms with Gasteiger partial charge in [-0.15, -0.1) is 0 Å². The van der Waals surface area contributed by atoms with Crippen molar-refractivity contribution < 1.29 is 4.79 Å². The van der Waals surface area contributed by atoms with Gasteiger partial charge in [-0.25, -0.2) is 14.8 Å². The second-order valence-electron chi connectivity index (χ2n) is 3.58. The summed E-state index contributed by atoms with van der Waals surface area (Å²) in [6, 6.07) is -0.212. The van der Waals surface area contributed by atoms with E-state index < -0.39 is 0 Å². The van der Waals surface area contributed by atoms with Crippen LogP contribution in [0.25, 0.3) is 0 Å². The van der Waals surface area contributed by atoms with Gasteiger partial charge < -0.3 is 10.2 Å². The molecule has 0 spiro atoms. The first-order valence-corrected chi connectivity index (χ1v) is 6.70. The van der Waals surface area contributed by atoms with E-state index in [1.165, 1.54) is 11.9 Å². The molecule has 0 aliphatic rings. The SMILES string of the molecule is CNC(=O)NSCCN(C)c1ncc(C)nc1Cl. The van der Waals surface area contributed by atoms with Crippen LogP contribution in [0.3, 0.4) is 0 Å². The first kappa shape index (κ1) is 14.8. The zero-order valence-corrected chi connectivity index (χ0v) is 12.1. The molecule has 0 unspecified atom stereocenters. The van der Waals surface area contributed by atoms with Gasteiger partial charge in [-0.2, -0.15) is 0 Å². The molecule has 0 bridgehead atoms. The zero-order valence-electron chi connectivity index (χ0n) is 10.5. The minimum atomic E-state index is -0.212. The van der Waals surface area contributed by atoms with E-state index in [0.717, 1.165) is 11.4 Å². The Balaban J connectivity index is 2.40. The summed E-state index contributed by atoms with van der Waals surface area (Å²) >= 11 is 7.33. The maximum absolute atomic E-state index is 10.9. The number of rotatable bonds is 5. The molecule has 1 heterocycles. The summed E-state index contributed by atoms with van der Waals surface area (Å²) in [6.07, 6.45) is 1.67. The van der Waals surface area contributed by atoms with E-state index in [2.05, 4.69) is 20.0 Å². The second-order valence-corrected chi connectivity index (χ2v) is 4.84. The molecule has 0 aliphatic carbocycles. The van der Waals surface area contributed by atoms with Crippen molar-refractivity contribution in [3.05, 3.63) is 17.0 Å². The number of anilines is 1. The van der Waals surface area contributed by atoms with Crippen LogP contribution in [-0.2, 0) is 0 Å². The smallest absolute Gasteiger partial charge is 0.324 e. The van der Waals surface area contributed by atoms with Gasteiger partial charge in [0.05, 0.1) is 11.9 Å². The molecule has 2 N–H and O–H groups in total. The molecule has 0 radical (unpaired) electrons. The predicted octanol–water partition coefficient (Wildman–Crippen LogP) is 1.45. The third-order valence-corrected chi connectivity index (χ3v) is 3.08. The van der Waals surface area contributed by atoms with Crippen molar-refractivity contribution in [1.29, 1.82) is 0 Å². The molecule has 2 amide bonds. The highest BCUT2D eigenvalue weighted by Crippen LogP contribution is 2.19. The molecular weight excluding hydrogens is 274 g/mol. The number of aromatic nitrogens is 2. The van der Waals surface area contributed by atoms with E-state index in [4.69, 9.17) is 11.6 Å². The maximum Gasteiger partial charge on any atom is 0.324 e. The highest BCUT2D eigenvalue weighted by Gasteiger charge is 2.09.